The molecule has 80 valence electrons. The zero-order chi connectivity index (χ0) is 10.0. The molecule has 0 radical (unpaired) electrons. The molecule has 0 aromatic rings. The summed E-state index contributed by atoms with van der Waals surface area (Å²) in [5.41, 5.74) is 5.83. The number of nitrogens with one attached hydrogen (secondary N) is 1. The Bertz CT molecular complexity index is 232. The van der Waals surface area contributed by atoms with Crippen LogP contribution in [0, 0.1) is 11.3 Å². The van der Waals surface area contributed by atoms with Gasteiger partial charge in [0.05, 0.1) is 0 Å². The van der Waals surface area contributed by atoms with E-state index in [1.165, 1.54) is 25.7 Å². The molecule has 0 aliphatic heterocycles. The second-order valence-corrected chi connectivity index (χ2v) is 4.84. The maximum absolute atomic E-state index is 8.49. The highest BCUT2D eigenvalue weighted by Crippen LogP contribution is 2.48. The van der Waals surface area contributed by atoms with Crippen molar-refractivity contribution in [3.8, 4) is 0 Å². The van der Waals surface area contributed by atoms with Gasteiger partial charge in [0, 0.05) is 13.0 Å². The van der Waals surface area contributed by atoms with Gasteiger partial charge < -0.3 is 16.3 Å². The van der Waals surface area contributed by atoms with Crippen LogP contribution in [0.25, 0.3) is 0 Å². The van der Waals surface area contributed by atoms with E-state index in [0.717, 1.165) is 25.4 Å². The van der Waals surface area contributed by atoms with Crippen LogP contribution in [0.4, 0.5) is 0 Å². The third-order valence-electron chi connectivity index (χ3n) is 3.27. The van der Waals surface area contributed by atoms with Gasteiger partial charge in [-0.05, 0) is 43.6 Å². The number of nitrogens with zero attached hydrogens (tertiary/aromatic N) is 1. The molecule has 0 unspecified atom stereocenters. The van der Waals surface area contributed by atoms with E-state index in [1.807, 2.05) is 0 Å². The zero-order valence-electron chi connectivity index (χ0n) is 8.50. The van der Waals surface area contributed by atoms with Crippen molar-refractivity contribution in [3.05, 3.63) is 0 Å². The van der Waals surface area contributed by atoms with Gasteiger partial charge in [0.15, 0.2) is 0 Å². The Morgan fingerprint density at radius 3 is 2.71 bits per heavy atom. The van der Waals surface area contributed by atoms with Crippen LogP contribution in [0.15, 0.2) is 5.16 Å². The van der Waals surface area contributed by atoms with Crippen LogP contribution in [0.5, 0.6) is 0 Å². The number of hydrogen-bond donors (Lipinski definition) is 3. The molecule has 0 bridgehead atoms. The topological polar surface area (TPSA) is 70.6 Å². The van der Waals surface area contributed by atoms with Crippen molar-refractivity contribution in [1.29, 1.82) is 0 Å². The van der Waals surface area contributed by atoms with E-state index in [-0.39, 0.29) is 0 Å². The van der Waals surface area contributed by atoms with Gasteiger partial charge in [-0.25, -0.2) is 0 Å². The standard InChI is InChI=1S/C10H19N3O/c11-9(13-14)5-10(3-4-10)7-12-6-8-1-2-8/h8,12,14H,1-7H2,(H2,11,13). The molecule has 0 spiro atoms. The second-order valence-electron chi connectivity index (χ2n) is 4.84. The fourth-order valence-electron chi connectivity index (χ4n) is 1.88. The van der Waals surface area contributed by atoms with Gasteiger partial charge in [-0.2, -0.15) is 0 Å². The quantitative estimate of drug-likeness (QED) is 0.256. The van der Waals surface area contributed by atoms with Crippen molar-refractivity contribution in [3.63, 3.8) is 0 Å². The third-order valence-corrected chi connectivity index (χ3v) is 3.27. The lowest BCUT2D eigenvalue weighted by Gasteiger charge is -2.14. The van der Waals surface area contributed by atoms with Crippen molar-refractivity contribution < 1.29 is 5.21 Å². The lowest BCUT2D eigenvalue weighted by Crippen LogP contribution is -2.29. The Labute approximate surface area is 84.5 Å². The summed E-state index contributed by atoms with van der Waals surface area (Å²) in [4.78, 5) is 0. The number of nitrogens with two attached hydrogens (primary N) is 1. The van der Waals surface area contributed by atoms with Crippen LogP contribution < -0.4 is 11.1 Å². The fourth-order valence-corrected chi connectivity index (χ4v) is 1.88. The number of oxime groups is 1. The smallest absolute Gasteiger partial charge is 0.139 e. The van der Waals surface area contributed by atoms with Gasteiger partial charge in [-0.15, -0.1) is 0 Å². The highest BCUT2D eigenvalue weighted by Gasteiger charge is 2.43. The molecule has 2 aliphatic rings. The highest BCUT2D eigenvalue weighted by atomic mass is 16.4. The third kappa shape index (κ3) is 2.61. The second kappa shape index (κ2) is 3.77. The van der Waals surface area contributed by atoms with Crippen molar-refractivity contribution in [2.75, 3.05) is 13.1 Å². The van der Waals surface area contributed by atoms with E-state index in [0.29, 0.717) is 11.3 Å². The van der Waals surface area contributed by atoms with E-state index in [9.17, 15) is 0 Å². The summed E-state index contributed by atoms with van der Waals surface area (Å²) in [6.45, 7) is 2.18. The minimum atomic E-state index is 0.311. The molecular formula is C10H19N3O. The number of rotatable bonds is 6. The largest absolute Gasteiger partial charge is 0.409 e. The molecule has 2 fully saturated rings. The van der Waals surface area contributed by atoms with Crippen LogP contribution >= 0.6 is 0 Å². The first-order chi connectivity index (χ1) is 6.74. The Morgan fingerprint density at radius 2 is 2.21 bits per heavy atom. The molecule has 0 aromatic heterocycles. The maximum atomic E-state index is 8.49. The first-order valence-corrected chi connectivity index (χ1v) is 5.41. The maximum Gasteiger partial charge on any atom is 0.139 e. The van der Waals surface area contributed by atoms with E-state index in [1.54, 1.807) is 0 Å². The molecule has 4 nitrogen and oxygen atoms in total. The van der Waals surface area contributed by atoms with E-state index in [2.05, 4.69) is 10.5 Å². The summed E-state index contributed by atoms with van der Waals surface area (Å²) >= 11 is 0. The van der Waals surface area contributed by atoms with Gasteiger partial charge in [-0.3, -0.25) is 0 Å². The molecule has 0 aromatic carbocycles. The van der Waals surface area contributed by atoms with Crippen LogP contribution in [-0.4, -0.2) is 24.1 Å². The Balaban J connectivity index is 1.67. The minimum Gasteiger partial charge on any atom is -0.409 e. The van der Waals surface area contributed by atoms with Crippen molar-refractivity contribution in [1.82, 2.24) is 5.32 Å². The van der Waals surface area contributed by atoms with Crippen LogP contribution in [-0.2, 0) is 0 Å². The molecule has 0 heterocycles. The zero-order valence-corrected chi connectivity index (χ0v) is 8.50. The fraction of sp³-hybridized carbons (Fsp3) is 0.900. The monoisotopic (exact) mass is 197 g/mol. The molecule has 2 aliphatic carbocycles. The molecule has 0 saturated heterocycles. The highest BCUT2D eigenvalue weighted by molar-refractivity contribution is 5.80. The normalized spacial score (nSPS) is 25.0. The van der Waals surface area contributed by atoms with Crippen LogP contribution in [0.2, 0.25) is 0 Å². The van der Waals surface area contributed by atoms with Gasteiger partial charge >= 0.3 is 0 Å². The summed E-state index contributed by atoms with van der Waals surface area (Å²) < 4.78 is 0. The van der Waals surface area contributed by atoms with Crippen LogP contribution in [0.1, 0.15) is 32.1 Å². The lowest BCUT2D eigenvalue weighted by molar-refractivity contribution is 0.314. The predicted molar refractivity (Wildman–Crippen MR) is 55.3 cm³/mol. The SMILES string of the molecule is NC(CC1(CNCC2CC2)CC1)=NO. The van der Waals surface area contributed by atoms with Crippen molar-refractivity contribution >= 4 is 5.84 Å². The predicted octanol–water partition coefficient (Wildman–Crippen LogP) is 0.903. The number of amidine groups is 1. The first kappa shape index (κ1) is 9.77. The molecule has 0 amide bonds. The lowest BCUT2D eigenvalue weighted by atomic mass is 10.0. The summed E-state index contributed by atoms with van der Waals surface area (Å²) in [5, 5.41) is 15.0. The van der Waals surface area contributed by atoms with Gasteiger partial charge in [0.25, 0.3) is 0 Å². The van der Waals surface area contributed by atoms with Gasteiger partial charge in [0.2, 0.25) is 0 Å². The average molecular weight is 197 g/mol. The minimum absolute atomic E-state index is 0.311. The first-order valence-electron chi connectivity index (χ1n) is 5.41. The Kier molecular flexibility index (Phi) is 2.63. The molecule has 4 N–H and O–H groups in total. The molecule has 4 heteroatoms. The Morgan fingerprint density at radius 1 is 1.50 bits per heavy atom. The van der Waals surface area contributed by atoms with Crippen molar-refractivity contribution in [2.24, 2.45) is 22.2 Å². The van der Waals surface area contributed by atoms with Gasteiger partial charge in [-0.1, -0.05) is 5.16 Å². The Hall–Kier alpha value is -0.770. The molecule has 0 atom stereocenters. The van der Waals surface area contributed by atoms with E-state index >= 15 is 0 Å². The molecule has 14 heavy (non-hydrogen) atoms. The van der Waals surface area contributed by atoms with E-state index < -0.39 is 0 Å². The number of hydrogen-bond acceptors (Lipinski definition) is 3. The average Bonchev–Trinajstić information content (AvgIpc) is 3.03. The summed E-state index contributed by atoms with van der Waals surface area (Å²) in [6, 6.07) is 0. The summed E-state index contributed by atoms with van der Waals surface area (Å²) in [6.07, 6.45) is 5.93. The summed E-state index contributed by atoms with van der Waals surface area (Å²) in [7, 11) is 0. The van der Waals surface area contributed by atoms with Crippen molar-refractivity contribution in [2.45, 2.75) is 32.1 Å². The van der Waals surface area contributed by atoms with Crippen LogP contribution in [0.3, 0.4) is 0 Å². The van der Waals surface area contributed by atoms with E-state index in [4.69, 9.17) is 10.9 Å². The van der Waals surface area contributed by atoms with Gasteiger partial charge in [0.1, 0.15) is 5.84 Å². The molecule has 2 rings (SSSR count). The molecular weight excluding hydrogens is 178 g/mol. The molecule has 2 saturated carbocycles. The summed E-state index contributed by atoms with van der Waals surface area (Å²) in [5.74, 6) is 1.30.